The molecule has 4 rings (SSSR count). The maximum atomic E-state index is 13.3. The molecule has 0 fully saturated rings. The van der Waals surface area contributed by atoms with Gasteiger partial charge in [0.05, 0.1) is 23.2 Å². The first-order chi connectivity index (χ1) is 15.5. The average Bonchev–Trinajstić information content (AvgIpc) is 2.81. The van der Waals surface area contributed by atoms with E-state index in [1.807, 2.05) is 84.3 Å². The lowest BCUT2D eigenvalue weighted by atomic mass is 10.2. The van der Waals surface area contributed by atoms with Crippen molar-refractivity contribution in [3.63, 3.8) is 0 Å². The molecule has 7 heteroatoms. The Morgan fingerprint density at radius 3 is 2.28 bits per heavy atom. The highest BCUT2D eigenvalue weighted by Crippen LogP contribution is 2.22. The van der Waals surface area contributed by atoms with E-state index >= 15 is 0 Å². The summed E-state index contributed by atoms with van der Waals surface area (Å²) in [5.74, 6) is 0.594. The third-order valence-electron chi connectivity index (χ3n) is 5.19. The van der Waals surface area contributed by atoms with Crippen LogP contribution in [0, 0.1) is 4.77 Å². The fourth-order valence-electron chi connectivity index (χ4n) is 3.66. The normalized spacial score (nSPS) is 10.8. The number of nitrogens with zero attached hydrogens (tertiary/aromatic N) is 3. The minimum absolute atomic E-state index is 0.141. The van der Waals surface area contributed by atoms with Gasteiger partial charge in [-0.1, -0.05) is 30.3 Å². The molecule has 6 nitrogen and oxygen atoms in total. The summed E-state index contributed by atoms with van der Waals surface area (Å²) in [5, 5.41) is 0.528. The van der Waals surface area contributed by atoms with E-state index in [0.717, 1.165) is 5.75 Å². The second kappa shape index (κ2) is 9.20. The van der Waals surface area contributed by atoms with E-state index in [4.69, 9.17) is 17.0 Å². The molecule has 0 atom stereocenters. The summed E-state index contributed by atoms with van der Waals surface area (Å²) in [5.41, 5.74) is 1.87. The van der Waals surface area contributed by atoms with Gasteiger partial charge in [-0.25, -0.2) is 0 Å². The standard InChI is InChI=1S/C25H23N3O3S/c1-3-31-21-15-13-19(14-16-21)26(18(2)29)17-27-23-12-8-7-11-22(23)24(30)28(25(27)32)20-9-5-4-6-10-20/h4-16H,3,17H2,1-2H3. The average molecular weight is 446 g/mol. The van der Waals surface area contributed by atoms with Crippen molar-refractivity contribution in [2.75, 3.05) is 11.5 Å². The summed E-state index contributed by atoms with van der Waals surface area (Å²) >= 11 is 5.77. The Balaban J connectivity index is 1.88. The maximum absolute atomic E-state index is 13.3. The number of benzene rings is 3. The monoisotopic (exact) mass is 445 g/mol. The molecular formula is C25H23N3O3S. The fraction of sp³-hybridized carbons (Fsp3) is 0.160. The third kappa shape index (κ3) is 4.07. The van der Waals surface area contributed by atoms with Crippen LogP contribution in [-0.2, 0) is 11.5 Å². The van der Waals surface area contributed by atoms with Crippen LogP contribution in [0.3, 0.4) is 0 Å². The van der Waals surface area contributed by atoms with Crippen LogP contribution in [0.2, 0.25) is 0 Å². The summed E-state index contributed by atoms with van der Waals surface area (Å²) in [7, 11) is 0. The highest BCUT2D eigenvalue weighted by molar-refractivity contribution is 7.71. The van der Waals surface area contributed by atoms with Crippen LogP contribution >= 0.6 is 12.2 Å². The Labute approximate surface area is 190 Å². The van der Waals surface area contributed by atoms with Gasteiger partial charge in [-0.15, -0.1) is 0 Å². The minimum atomic E-state index is -0.191. The molecule has 0 aliphatic heterocycles. The Kier molecular flexibility index (Phi) is 6.18. The van der Waals surface area contributed by atoms with Gasteiger partial charge in [0.2, 0.25) is 5.91 Å². The molecule has 0 aliphatic rings. The molecule has 0 unspecified atom stereocenters. The lowest BCUT2D eigenvalue weighted by Gasteiger charge is -2.25. The van der Waals surface area contributed by atoms with Crippen LogP contribution in [0.5, 0.6) is 5.75 Å². The summed E-state index contributed by atoms with van der Waals surface area (Å²) in [6, 6.07) is 23.9. The van der Waals surface area contributed by atoms with Gasteiger partial charge in [0.15, 0.2) is 4.77 Å². The Hall–Kier alpha value is -3.71. The quantitative estimate of drug-likeness (QED) is 0.395. The smallest absolute Gasteiger partial charge is 0.266 e. The number of carbonyl (C=O) groups excluding carboxylic acids is 1. The predicted molar refractivity (Wildman–Crippen MR) is 129 cm³/mol. The lowest BCUT2D eigenvalue weighted by Crippen LogP contribution is -2.34. The summed E-state index contributed by atoms with van der Waals surface area (Å²) < 4.78 is 9.15. The van der Waals surface area contributed by atoms with Crippen LogP contribution < -0.4 is 15.2 Å². The molecule has 0 radical (unpaired) electrons. The topological polar surface area (TPSA) is 56.5 Å². The van der Waals surface area contributed by atoms with Crippen molar-refractivity contribution in [3.05, 3.63) is 94.0 Å². The number of amides is 1. The van der Waals surface area contributed by atoms with Gasteiger partial charge >= 0.3 is 0 Å². The van der Waals surface area contributed by atoms with Crippen LogP contribution in [0.4, 0.5) is 5.69 Å². The first-order valence-corrected chi connectivity index (χ1v) is 10.7. The zero-order valence-corrected chi connectivity index (χ0v) is 18.7. The third-order valence-corrected chi connectivity index (χ3v) is 5.59. The first kappa shape index (κ1) is 21.5. The van der Waals surface area contributed by atoms with Crippen LogP contribution in [-0.4, -0.2) is 21.6 Å². The van der Waals surface area contributed by atoms with Crippen LogP contribution in [0.15, 0.2) is 83.7 Å². The number of anilines is 1. The molecule has 0 aliphatic carbocycles. The van der Waals surface area contributed by atoms with E-state index in [0.29, 0.717) is 33.7 Å². The summed E-state index contributed by atoms with van der Waals surface area (Å²) in [4.78, 5) is 27.5. The van der Waals surface area contributed by atoms with Crippen molar-refractivity contribution >= 4 is 34.7 Å². The highest BCUT2D eigenvalue weighted by atomic mass is 32.1. The molecule has 32 heavy (non-hydrogen) atoms. The molecule has 1 aromatic heterocycles. The van der Waals surface area contributed by atoms with Crippen molar-refractivity contribution in [2.45, 2.75) is 20.5 Å². The number of para-hydroxylation sites is 2. The molecule has 0 saturated heterocycles. The molecule has 162 valence electrons. The molecule has 0 saturated carbocycles. The Morgan fingerprint density at radius 1 is 0.969 bits per heavy atom. The van der Waals surface area contributed by atoms with Crippen molar-refractivity contribution in [1.82, 2.24) is 9.13 Å². The SMILES string of the molecule is CCOc1ccc(N(Cn2c(=S)n(-c3ccccc3)c(=O)c3ccccc32)C(C)=O)cc1. The minimum Gasteiger partial charge on any atom is -0.494 e. The highest BCUT2D eigenvalue weighted by Gasteiger charge is 2.17. The van der Waals surface area contributed by atoms with E-state index in [9.17, 15) is 9.59 Å². The van der Waals surface area contributed by atoms with Gasteiger partial charge in [-0.2, -0.15) is 0 Å². The molecular weight excluding hydrogens is 422 g/mol. The molecule has 3 aromatic carbocycles. The van der Waals surface area contributed by atoms with E-state index in [1.165, 1.54) is 11.5 Å². The van der Waals surface area contributed by atoms with E-state index in [1.54, 1.807) is 11.0 Å². The second-order valence-corrected chi connectivity index (χ2v) is 7.58. The summed E-state index contributed by atoms with van der Waals surface area (Å²) in [6.45, 7) is 4.16. The zero-order chi connectivity index (χ0) is 22.7. The number of rotatable bonds is 6. The van der Waals surface area contributed by atoms with Gasteiger partial charge < -0.3 is 4.74 Å². The Bertz CT molecular complexity index is 1380. The van der Waals surface area contributed by atoms with Crippen LogP contribution in [0.1, 0.15) is 13.8 Å². The van der Waals surface area contributed by atoms with Crippen molar-refractivity contribution < 1.29 is 9.53 Å². The number of carbonyl (C=O) groups is 1. The molecule has 1 amide bonds. The van der Waals surface area contributed by atoms with Gasteiger partial charge in [-0.05, 0) is 67.7 Å². The fourth-order valence-corrected chi connectivity index (χ4v) is 4.00. The molecule has 4 aromatic rings. The van der Waals surface area contributed by atoms with Crippen molar-refractivity contribution in [2.24, 2.45) is 0 Å². The molecule has 0 spiro atoms. The number of aromatic nitrogens is 2. The van der Waals surface area contributed by atoms with E-state index in [-0.39, 0.29) is 18.1 Å². The lowest BCUT2D eigenvalue weighted by molar-refractivity contribution is -0.116. The number of hydrogen-bond acceptors (Lipinski definition) is 4. The molecule has 0 N–H and O–H groups in total. The van der Waals surface area contributed by atoms with Gasteiger partial charge in [0.25, 0.3) is 5.56 Å². The molecule has 1 heterocycles. The van der Waals surface area contributed by atoms with Crippen molar-refractivity contribution in [1.29, 1.82) is 0 Å². The van der Waals surface area contributed by atoms with Crippen LogP contribution in [0.25, 0.3) is 16.6 Å². The number of fused-ring (bicyclic) bond motifs is 1. The number of hydrogen-bond donors (Lipinski definition) is 0. The van der Waals surface area contributed by atoms with E-state index in [2.05, 4.69) is 0 Å². The maximum Gasteiger partial charge on any atom is 0.266 e. The predicted octanol–water partition coefficient (Wildman–Crippen LogP) is 4.93. The largest absolute Gasteiger partial charge is 0.494 e. The Morgan fingerprint density at radius 2 is 1.62 bits per heavy atom. The number of ether oxygens (including phenoxy) is 1. The second-order valence-electron chi connectivity index (χ2n) is 7.22. The summed E-state index contributed by atoms with van der Waals surface area (Å²) in [6.07, 6.45) is 0. The van der Waals surface area contributed by atoms with Gasteiger partial charge in [0, 0.05) is 12.6 Å². The first-order valence-electron chi connectivity index (χ1n) is 10.3. The van der Waals surface area contributed by atoms with Crippen molar-refractivity contribution in [3.8, 4) is 11.4 Å². The van der Waals surface area contributed by atoms with Gasteiger partial charge in [-0.3, -0.25) is 23.6 Å². The van der Waals surface area contributed by atoms with E-state index < -0.39 is 0 Å². The van der Waals surface area contributed by atoms with Gasteiger partial charge in [0.1, 0.15) is 12.4 Å². The zero-order valence-electron chi connectivity index (χ0n) is 17.9. The molecule has 0 bridgehead atoms.